The number of aliphatic hydroxyl groups excluding tert-OH is 1. The quantitative estimate of drug-likeness (QED) is 0.0509. The number of fused-ring (bicyclic) bond motifs is 1. The molecule has 2 aromatic heterocycles. The summed E-state index contributed by atoms with van der Waals surface area (Å²) in [7, 11) is 1.67. The first-order chi connectivity index (χ1) is 39.3. The van der Waals surface area contributed by atoms with Crippen molar-refractivity contribution in [3.8, 4) is 33.4 Å². The number of likely N-dealkylation sites (tertiary alicyclic amines) is 2. The Morgan fingerprint density at radius 2 is 1.52 bits per heavy atom. The minimum Gasteiger partial charge on any atom is -0.495 e. The number of aromatic nitrogens is 2. The zero-order chi connectivity index (χ0) is 57.9. The van der Waals surface area contributed by atoms with Crippen molar-refractivity contribution in [2.75, 3.05) is 61.9 Å². The van der Waals surface area contributed by atoms with Gasteiger partial charge in [-0.2, -0.15) is 0 Å². The normalized spacial score (nSPS) is 18.8. The van der Waals surface area contributed by atoms with Crippen LogP contribution in [0.25, 0.3) is 21.3 Å². The molecule has 0 spiro atoms. The standard InChI is InChI=1S/C62H72FN9O9S/c1-37-55(82-36-66-37)40-7-8-41(33-65-57(75)51-30-45(74)35-72(51)58(76)56(61(3,4)5)67-38(2)73)53(29-40)81-47-20-25-70(26-21-47)34-39-18-27-71(28-19-39)50-32-49-48(31-54(50)79-6)52(17-24-64-49)80-46-15-13-44(14-16-46)69-60(78)62(22-23-62)59(77)68-43-11-9-42(63)10-12-43/h7-17,24,29,31-32,36,39,45,47,51,56,74H,18-23,25-28,30,33-35H2,1-6H3,(H,65,75)(H,67,73)(H,68,77)(H,69,78)/t45-,51+,56-/m1/s1. The second kappa shape index (κ2) is 24.4. The Hall–Kier alpha value is -7.68. The topological polar surface area (TPSA) is 217 Å². The number of pyridine rings is 1. The summed E-state index contributed by atoms with van der Waals surface area (Å²) in [5.41, 5.74) is 5.41. The molecule has 5 amide bonds. The van der Waals surface area contributed by atoms with Gasteiger partial charge in [0.2, 0.25) is 29.5 Å². The fourth-order valence-electron chi connectivity index (χ4n) is 11.4. The largest absolute Gasteiger partial charge is 0.495 e. The molecule has 3 aliphatic heterocycles. The summed E-state index contributed by atoms with van der Waals surface area (Å²) < 4.78 is 32.6. The number of aliphatic hydroxyl groups is 1. The van der Waals surface area contributed by atoms with Gasteiger partial charge in [-0.15, -0.1) is 11.3 Å². The number of halogens is 1. The van der Waals surface area contributed by atoms with Crippen LogP contribution >= 0.6 is 11.3 Å². The van der Waals surface area contributed by atoms with E-state index in [2.05, 4.69) is 42.1 Å². The van der Waals surface area contributed by atoms with Crippen molar-refractivity contribution in [1.29, 1.82) is 0 Å². The molecule has 0 radical (unpaired) electrons. The summed E-state index contributed by atoms with van der Waals surface area (Å²) in [6, 6.07) is 22.5. The number of hydrogen-bond donors (Lipinski definition) is 5. The molecule has 5 N–H and O–H groups in total. The smallest absolute Gasteiger partial charge is 0.246 e. The van der Waals surface area contributed by atoms with Gasteiger partial charge in [-0.05, 0) is 135 Å². The van der Waals surface area contributed by atoms with Crippen LogP contribution in [0.3, 0.4) is 0 Å². The number of rotatable bonds is 18. The predicted octanol–water partition coefficient (Wildman–Crippen LogP) is 8.85. The molecule has 432 valence electrons. The van der Waals surface area contributed by atoms with Gasteiger partial charge in [0.05, 0.1) is 40.5 Å². The van der Waals surface area contributed by atoms with Crippen LogP contribution in [-0.2, 0) is 30.5 Å². The minimum absolute atomic E-state index is 0.000994. The predicted molar refractivity (Wildman–Crippen MR) is 312 cm³/mol. The van der Waals surface area contributed by atoms with Crippen molar-refractivity contribution in [1.82, 2.24) is 30.4 Å². The van der Waals surface area contributed by atoms with Gasteiger partial charge in [0.25, 0.3) is 0 Å². The first kappa shape index (κ1) is 57.6. The number of nitrogens with zero attached hydrogens (tertiary/aromatic N) is 5. The number of anilines is 3. The highest BCUT2D eigenvalue weighted by Crippen LogP contribution is 2.48. The Morgan fingerprint density at radius 3 is 2.15 bits per heavy atom. The maximum atomic E-state index is 13.9. The highest BCUT2D eigenvalue weighted by Gasteiger charge is 2.56. The highest BCUT2D eigenvalue weighted by molar-refractivity contribution is 7.13. The Morgan fingerprint density at radius 1 is 0.841 bits per heavy atom. The molecule has 82 heavy (non-hydrogen) atoms. The Balaban J connectivity index is 0.720. The number of benzene rings is 4. The van der Waals surface area contributed by atoms with Crippen LogP contribution in [0.5, 0.6) is 23.0 Å². The third kappa shape index (κ3) is 13.1. The second-order valence-corrected chi connectivity index (χ2v) is 24.1. The van der Waals surface area contributed by atoms with E-state index in [1.54, 1.807) is 48.9 Å². The number of aryl methyl sites for hydroxylation is 1. The molecule has 0 unspecified atom stereocenters. The van der Waals surface area contributed by atoms with E-state index in [0.29, 0.717) is 47.4 Å². The fourth-order valence-corrected chi connectivity index (χ4v) is 12.2. The van der Waals surface area contributed by atoms with Gasteiger partial charge in [0.15, 0.2) is 0 Å². The van der Waals surface area contributed by atoms with Crippen molar-refractivity contribution in [3.63, 3.8) is 0 Å². The molecule has 3 saturated heterocycles. The molecule has 1 aliphatic carbocycles. The zero-order valence-corrected chi connectivity index (χ0v) is 48.1. The maximum Gasteiger partial charge on any atom is 0.246 e. The summed E-state index contributed by atoms with van der Waals surface area (Å²) >= 11 is 1.56. The van der Waals surface area contributed by atoms with E-state index < -0.39 is 52.6 Å². The Kier molecular flexibility index (Phi) is 17.1. The summed E-state index contributed by atoms with van der Waals surface area (Å²) in [6.45, 7) is 13.6. The highest BCUT2D eigenvalue weighted by atomic mass is 32.1. The average Bonchev–Trinajstić information content (AvgIpc) is 3.00. The van der Waals surface area contributed by atoms with E-state index in [9.17, 15) is 33.5 Å². The number of methoxy groups -OCH3 is 1. The number of nitrogens with one attached hydrogen (secondary N) is 4. The van der Waals surface area contributed by atoms with E-state index in [4.69, 9.17) is 19.2 Å². The lowest BCUT2D eigenvalue weighted by Gasteiger charge is -2.38. The van der Waals surface area contributed by atoms with Crippen LogP contribution in [0.15, 0.2) is 96.6 Å². The molecule has 1 saturated carbocycles. The van der Waals surface area contributed by atoms with Crippen LogP contribution in [-0.4, -0.2) is 125 Å². The second-order valence-electron chi connectivity index (χ2n) is 23.2. The molecule has 4 fully saturated rings. The fraction of sp³-hybridized carbons (Fsp3) is 0.435. The van der Waals surface area contributed by atoms with Crippen LogP contribution < -0.4 is 40.4 Å². The molecule has 0 bridgehead atoms. The van der Waals surface area contributed by atoms with Crippen LogP contribution in [0.1, 0.15) is 83.9 Å². The lowest BCUT2D eigenvalue weighted by Crippen LogP contribution is -2.57. The van der Waals surface area contributed by atoms with Crippen molar-refractivity contribution >= 4 is 68.8 Å². The number of hydrogen-bond acceptors (Lipinski definition) is 14. The average molecular weight is 1140 g/mol. The third-order valence-corrected chi connectivity index (χ3v) is 17.2. The van der Waals surface area contributed by atoms with Gasteiger partial charge in [-0.1, -0.05) is 32.9 Å². The summed E-state index contributed by atoms with van der Waals surface area (Å²) in [5.74, 6) is 0.701. The summed E-state index contributed by atoms with van der Waals surface area (Å²) in [5, 5.41) is 22.9. The number of thiazole rings is 1. The SMILES string of the molecule is COc1cc2c(Oc3ccc(NC(=O)C4(C(=O)Nc5ccc(F)cc5)CC4)cc3)ccnc2cc1N1CCC(CN2CCC(Oc3cc(-c4scnc4C)ccc3CNC(=O)[C@@H]3C[C@@H](O)CN3C(=O)[C@@H](NC(C)=O)C(C)(C)C)CC2)CC1. The lowest BCUT2D eigenvalue weighted by molar-refractivity contribution is -0.143. The van der Waals surface area contributed by atoms with Gasteiger partial charge in [-0.3, -0.25) is 29.0 Å². The monoisotopic (exact) mass is 1140 g/mol. The van der Waals surface area contributed by atoms with Crippen LogP contribution in [0, 0.1) is 29.5 Å². The van der Waals surface area contributed by atoms with Gasteiger partial charge >= 0.3 is 0 Å². The number of piperidine rings is 2. The van der Waals surface area contributed by atoms with Crippen molar-refractivity contribution in [2.45, 2.75) is 110 Å². The number of amides is 5. The van der Waals surface area contributed by atoms with Crippen LogP contribution in [0.4, 0.5) is 21.5 Å². The maximum absolute atomic E-state index is 13.9. The number of β-amino-alcohol motifs (C(OH)–C–C–N with tert-alkyl or cyclic N) is 1. The van der Waals surface area contributed by atoms with Crippen molar-refractivity contribution in [2.24, 2.45) is 16.7 Å². The molecule has 20 heteroatoms. The molecule has 4 aliphatic rings. The molecule has 6 aromatic rings. The Labute approximate surface area is 481 Å². The summed E-state index contributed by atoms with van der Waals surface area (Å²) in [6.07, 6.45) is 5.46. The van der Waals surface area contributed by atoms with Crippen LogP contribution in [0.2, 0.25) is 0 Å². The van der Waals surface area contributed by atoms with E-state index in [1.165, 1.54) is 36.1 Å². The molecule has 18 nitrogen and oxygen atoms in total. The third-order valence-electron chi connectivity index (χ3n) is 16.2. The molecule has 3 atom stereocenters. The molecule has 5 heterocycles. The molecular weight excluding hydrogens is 1070 g/mol. The van der Waals surface area contributed by atoms with Gasteiger partial charge < -0.3 is 55.3 Å². The van der Waals surface area contributed by atoms with E-state index >= 15 is 0 Å². The van der Waals surface area contributed by atoms with E-state index in [1.807, 2.05) is 63.5 Å². The minimum atomic E-state index is -1.18. The van der Waals surface area contributed by atoms with Gasteiger partial charge in [0, 0.05) is 87.7 Å². The summed E-state index contributed by atoms with van der Waals surface area (Å²) in [4.78, 5) is 82.8. The van der Waals surface area contributed by atoms with Gasteiger partial charge in [-0.25, -0.2) is 9.37 Å². The van der Waals surface area contributed by atoms with Gasteiger partial charge in [0.1, 0.15) is 52.4 Å². The first-order valence-corrected chi connectivity index (χ1v) is 29.1. The molecule has 10 rings (SSSR count). The number of carbonyl (C=O) groups is 5. The van der Waals surface area contributed by atoms with E-state index in [-0.39, 0.29) is 37.4 Å². The van der Waals surface area contributed by atoms with Crippen molar-refractivity contribution in [3.05, 3.63) is 114 Å². The molecule has 4 aromatic carbocycles. The van der Waals surface area contributed by atoms with Crippen molar-refractivity contribution < 1.29 is 47.7 Å². The lowest BCUT2D eigenvalue weighted by atomic mass is 9.85. The zero-order valence-electron chi connectivity index (χ0n) is 47.3. The number of carbonyl (C=O) groups excluding carboxylic acids is 5. The molecular formula is C62H72FN9O9S. The van der Waals surface area contributed by atoms with E-state index in [0.717, 1.165) is 102 Å². The first-order valence-electron chi connectivity index (χ1n) is 28.2. The Bertz CT molecular complexity index is 3310. The number of ether oxygens (including phenoxy) is 3.